The Morgan fingerprint density at radius 1 is 1.15 bits per heavy atom. The van der Waals surface area contributed by atoms with Crippen molar-refractivity contribution in [1.82, 2.24) is 0 Å². The Morgan fingerprint density at radius 3 is 2.40 bits per heavy atom. The maximum Gasteiger partial charge on any atom is 0.307 e. The average molecular weight is 295 g/mol. The number of carboxylic acids is 1. The molecule has 0 saturated carbocycles. The van der Waals surface area contributed by atoms with E-state index in [-0.39, 0.29) is 18.1 Å². The zero-order valence-electron chi connectivity index (χ0n) is 10.5. The molecule has 0 amide bonds. The van der Waals surface area contributed by atoms with Crippen LogP contribution in [0.3, 0.4) is 0 Å². The fourth-order valence-corrected chi connectivity index (χ4v) is 1.90. The predicted octanol–water partition coefficient (Wildman–Crippen LogP) is 3.69. The Kier molecular flexibility index (Phi) is 4.58. The molecule has 2 rings (SSSR count). The van der Waals surface area contributed by atoms with E-state index in [0.29, 0.717) is 5.75 Å². The van der Waals surface area contributed by atoms with Crippen LogP contribution < -0.4 is 4.74 Å². The molecule has 0 aliphatic heterocycles. The number of benzene rings is 2. The zero-order valence-corrected chi connectivity index (χ0v) is 11.2. The third-order valence-electron chi connectivity index (χ3n) is 2.67. The molecule has 0 radical (unpaired) electrons. The first-order valence-corrected chi connectivity index (χ1v) is 6.30. The quantitative estimate of drug-likeness (QED) is 0.915. The molecule has 5 heteroatoms. The molecule has 0 unspecified atom stereocenters. The third kappa shape index (κ3) is 3.96. The predicted molar refractivity (Wildman–Crippen MR) is 73.5 cm³/mol. The molecule has 0 fully saturated rings. The maximum atomic E-state index is 12.9. The number of aliphatic carboxylic acids is 1. The summed E-state index contributed by atoms with van der Waals surface area (Å²) in [4.78, 5) is 10.6. The van der Waals surface area contributed by atoms with Crippen molar-refractivity contribution in [2.24, 2.45) is 0 Å². The number of hydrogen-bond donors (Lipinski definition) is 1. The molecular weight excluding hydrogens is 283 g/mol. The Hall–Kier alpha value is -2.07. The van der Waals surface area contributed by atoms with Crippen molar-refractivity contribution in [1.29, 1.82) is 0 Å². The van der Waals surface area contributed by atoms with Crippen molar-refractivity contribution >= 4 is 17.6 Å². The van der Waals surface area contributed by atoms with Gasteiger partial charge < -0.3 is 9.84 Å². The number of halogens is 2. The van der Waals surface area contributed by atoms with E-state index in [1.165, 1.54) is 18.2 Å². The van der Waals surface area contributed by atoms with E-state index >= 15 is 0 Å². The van der Waals surface area contributed by atoms with Crippen LogP contribution >= 0.6 is 11.6 Å². The lowest BCUT2D eigenvalue weighted by Crippen LogP contribution is -2.01. The maximum absolute atomic E-state index is 12.9. The molecule has 0 spiro atoms. The Balaban J connectivity index is 1.98. The van der Waals surface area contributed by atoms with E-state index in [4.69, 9.17) is 21.4 Å². The second-order valence-electron chi connectivity index (χ2n) is 4.25. The van der Waals surface area contributed by atoms with E-state index < -0.39 is 11.8 Å². The topological polar surface area (TPSA) is 46.5 Å². The van der Waals surface area contributed by atoms with E-state index in [2.05, 4.69) is 0 Å². The molecule has 0 saturated heterocycles. The first-order valence-electron chi connectivity index (χ1n) is 5.92. The fraction of sp³-hybridized carbons (Fsp3) is 0.133. The highest BCUT2D eigenvalue weighted by Crippen LogP contribution is 2.25. The number of carbonyl (C=O) groups is 1. The van der Waals surface area contributed by atoms with Crippen molar-refractivity contribution in [3.05, 3.63) is 64.4 Å². The van der Waals surface area contributed by atoms with Crippen molar-refractivity contribution < 1.29 is 19.0 Å². The van der Waals surface area contributed by atoms with Crippen LogP contribution in [0.4, 0.5) is 4.39 Å². The Labute approximate surface area is 120 Å². The molecule has 0 aromatic heterocycles. The van der Waals surface area contributed by atoms with Crippen LogP contribution in [0.15, 0.2) is 42.5 Å². The highest BCUT2D eigenvalue weighted by atomic mass is 35.5. The van der Waals surface area contributed by atoms with Gasteiger partial charge in [0.2, 0.25) is 0 Å². The summed E-state index contributed by atoms with van der Waals surface area (Å²) in [5.41, 5.74) is 1.60. The SMILES string of the molecule is O=C(O)Cc1ccc(COc2ccc(F)cc2Cl)cc1. The third-order valence-corrected chi connectivity index (χ3v) is 2.96. The summed E-state index contributed by atoms with van der Waals surface area (Å²) in [6.45, 7) is 0.276. The van der Waals surface area contributed by atoms with E-state index in [1.807, 2.05) is 0 Å². The molecule has 2 aromatic rings. The molecule has 2 aromatic carbocycles. The average Bonchev–Trinajstić information content (AvgIpc) is 2.39. The van der Waals surface area contributed by atoms with Gasteiger partial charge in [-0.15, -0.1) is 0 Å². The van der Waals surface area contributed by atoms with Crippen molar-refractivity contribution in [3.63, 3.8) is 0 Å². The summed E-state index contributed by atoms with van der Waals surface area (Å²) in [6, 6.07) is 11.0. The summed E-state index contributed by atoms with van der Waals surface area (Å²) >= 11 is 5.85. The van der Waals surface area contributed by atoms with Gasteiger partial charge in [-0.2, -0.15) is 0 Å². The summed E-state index contributed by atoms with van der Waals surface area (Å²) in [5.74, 6) is -0.879. The number of rotatable bonds is 5. The van der Waals surface area contributed by atoms with E-state index in [0.717, 1.165) is 11.1 Å². The summed E-state index contributed by atoms with van der Waals surface area (Å²) in [5, 5.41) is 8.89. The van der Waals surface area contributed by atoms with Gasteiger partial charge in [-0.3, -0.25) is 4.79 Å². The molecule has 0 aliphatic rings. The fourth-order valence-electron chi connectivity index (χ4n) is 1.68. The lowest BCUT2D eigenvalue weighted by molar-refractivity contribution is -0.136. The molecule has 0 aliphatic carbocycles. The molecular formula is C15H12ClFO3. The lowest BCUT2D eigenvalue weighted by atomic mass is 10.1. The summed E-state index contributed by atoms with van der Waals surface area (Å²) in [7, 11) is 0. The first-order chi connectivity index (χ1) is 9.54. The molecule has 1 N–H and O–H groups in total. The van der Waals surface area contributed by atoms with Crippen molar-refractivity contribution in [2.45, 2.75) is 13.0 Å². The number of hydrogen-bond acceptors (Lipinski definition) is 2. The minimum atomic E-state index is -0.868. The highest BCUT2D eigenvalue weighted by molar-refractivity contribution is 6.32. The summed E-state index contributed by atoms with van der Waals surface area (Å²) in [6.07, 6.45) is -0.00900. The smallest absolute Gasteiger partial charge is 0.307 e. The second-order valence-corrected chi connectivity index (χ2v) is 4.66. The van der Waals surface area contributed by atoms with E-state index in [1.54, 1.807) is 24.3 Å². The van der Waals surface area contributed by atoms with Crippen LogP contribution in [-0.2, 0) is 17.8 Å². The molecule has 3 nitrogen and oxygen atoms in total. The van der Waals surface area contributed by atoms with Crippen LogP contribution in [0, 0.1) is 5.82 Å². The minimum absolute atomic E-state index is 0.00900. The number of carboxylic acid groups (broad SMARTS) is 1. The van der Waals surface area contributed by atoms with Crippen LogP contribution in [0.25, 0.3) is 0 Å². The normalized spacial score (nSPS) is 10.3. The van der Waals surface area contributed by atoms with Gasteiger partial charge in [0.1, 0.15) is 18.2 Å². The van der Waals surface area contributed by atoms with Gasteiger partial charge >= 0.3 is 5.97 Å². The van der Waals surface area contributed by atoms with Gasteiger partial charge in [-0.25, -0.2) is 4.39 Å². The first kappa shape index (κ1) is 14.3. The van der Waals surface area contributed by atoms with Gasteiger partial charge in [-0.1, -0.05) is 35.9 Å². The van der Waals surface area contributed by atoms with Gasteiger partial charge in [0.05, 0.1) is 11.4 Å². The molecule has 0 heterocycles. The van der Waals surface area contributed by atoms with Crippen LogP contribution in [0.5, 0.6) is 5.75 Å². The van der Waals surface area contributed by atoms with E-state index in [9.17, 15) is 9.18 Å². The van der Waals surface area contributed by atoms with Crippen molar-refractivity contribution in [3.8, 4) is 5.75 Å². The number of ether oxygens (including phenoxy) is 1. The lowest BCUT2D eigenvalue weighted by Gasteiger charge is -2.08. The van der Waals surface area contributed by atoms with Crippen LogP contribution in [-0.4, -0.2) is 11.1 Å². The molecule has 0 atom stereocenters. The van der Waals surface area contributed by atoms with Gasteiger partial charge in [0, 0.05) is 0 Å². The second kappa shape index (κ2) is 6.39. The monoisotopic (exact) mass is 294 g/mol. The zero-order chi connectivity index (χ0) is 14.5. The Bertz CT molecular complexity index is 611. The van der Waals surface area contributed by atoms with Gasteiger partial charge in [0.25, 0.3) is 0 Å². The minimum Gasteiger partial charge on any atom is -0.487 e. The molecule has 20 heavy (non-hydrogen) atoms. The molecule has 0 bridgehead atoms. The molecule has 104 valence electrons. The van der Waals surface area contributed by atoms with Crippen LogP contribution in [0.2, 0.25) is 5.02 Å². The van der Waals surface area contributed by atoms with Gasteiger partial charge in [0.15, 0.2) is 0 Å². The van der Waals surface area contributed by atoms with Crippen LogP contribution in [0.1, 0.15) is 11.1 Å². The Morgan fingerprint density at radius 2 is 1.80 bits per heavy atom. The largest absolute Gasteiger partial charge is 0.487 e. The standard InChI is InChI=1S/C15H12ClFO3/c16-13-8-12(17)5-6-14(13)20-9-11-3-1-10(2-4-11)7-15(18)19/h1-6,8H,7,9H2,(H,18,19). The van der Waals surface area contributed by atoms with Gasteiger partial charge in [-0.05, 0) is 29.3 Å². The highest BCUT2D eigenvalue weighted by Gasteiger charge is 2.04. The summed E-state index contributed by atoms with van der Waals surface area (Å²) < 4.78 is 18.4. The van der Waals surface area contributed by atoms with Crippen molar-refractivity contribution in [2.75, 3.05) is 0 Å².